The Morgan fingerprint density at radius 3 is 1.27 bits per heavy atom. The highest BCUT2D eigenvalue weighted by molar-refractivity contribution is 5.93. The number of nitrogens with zero attached hydrogens (tertiary/aromatic N) is 5. The molecular formula is C24H45N5O8. The largest absolute Gasteiger partial charge is 0.481 e. The van der Waals surface area contributed by atoms with Crippen LogP contribution in [0.15, 0.2) is 0 Å². The molecule has 214 valence electrons. The van der Waals surface area contributed by atoms with E-state index in [1.807, 2.05) is 39.5 Å². The fourth-order valence-electron chi connectivity index (χ4n) is 3.87. The molecule has 0 aromatic heterocycles. The van der Waals surface area contributed by atoms with Crippen molar-refractivity contribution in [1.29, 1.82) is 0 Å². The van der Waals surface area contributed by atoms with Crippen molar-refractivity contribution in [3.63, 3.8) is 0 Å². The van der Waals surface area contributed by atoms with Crippen LogP contribution < -0.4 is 0 Å². The first kappa shape index (κ1) is 34.2. The first-order valence-corrected chi connectivity index (χ1v) is 12.8. The predicted molar refractivity (Wildman–Crippen MR) is 137 cm³/mol. The monoisotopic (exact) mass is 531 g/mol. The Labute approximate surface area is 219 Å². The van der Waals surface area contributed by atoms with Gasteiger partial charge in [-0.3, -0.25) is 38.7 Å². The smallest absolute Gasteiger partial charge is 0.319 e. The van der Waals surface area contributed by atoms with Crippen molar-refractivity contribution in [3.8, 4) is 0 Å². The zero-order chi connectivity index (χ0) is 28.5. The summed E-state index contributed by atoms with van der Waals surface area (Å²) < 4.78 is 0. The maximum Gasteiger partial charge on any atom is 0.319 e. The predicted octanol–water partition coefficient (Wildman–Crippen LogP) is -0.481. The molecule has 0 atom stereocenters. The summed E-state index contributed by atoms with van der Waals surface area (Å²) in [5.41, 5.74) is 0. The molecule has 0 rings (SSSR count). The Hall–Kier alpha value is -2.77. The number of likely N-dealkylation sites (N-methyl/N-ethyl adjacent to an activating group) is 3. The molecule has 0 aliphatic carbocycles. The Kier molecular flexibility index (Phi) is 17.1. The number of carbonyl (C=O) groups excluding carboxylic acids is 2. The van der Waals surface area contributed by atoms with E-state index in [-0.39, 0.29) is 44.5 Å². The van der Waals surface area contributed by atoms with Gasteiger partial charge < -0.3 is 25.1 Å². The number of hydrogen-bond donors (Lipinski definition) is 3. The quantitative estimate of drug-likeness (QED) is 0.164. The van der Waals surface area contributed by atoms with Crippen molar-refractivity contribution in [1.82, 2.24) is 24.5 Å². The van der Waals surface area contributed by atoms with E-state index in [1.54, 1.807) is 14.7 Å². The second kappa shape index (κ2) is 18.5. The van der Waals surface area contributed by atoms with Crippen molar-refractivity contribution < 1.29 is 39.3 Å². The number of aliphatic carboxylic acids is 3. The van der Waals surface area contributed by atoms with Gasteiger partial charge in [-0.2, -0.15) is 0 Å². The molecule has 3 N–H and O–H groups in total. The summed E-state index contributed by atoms with van der Waals surface area (Å²) in [6.45, 7) is 12.4. The number of rotatable bonds is 21. The van der Waals surface area contributed by atoms with Crippen molar-refractivity contribution in [2.24, 2.45) is 5.92 Å². The number of carbonyl (C=O) groups is 5. The second-order valence-electron chi connectivity index (χ2n) is 8.63. The van der Waals surface area contributed by atoms with Gasteiger partial charge in [0.15, 0.2) is 5.92 Å². The number of amides is 2. The highest BCUT2D eigenvalue weighted by atomic mass is 16.4. The van der Waals surface area contributed by atoms with Crippen LogP contribution in [0.1, 0.15) is 34.6 Å². The van der Waals surface area contributed by atoms with E-state index in [9.17, 15) is 39.3 Å². The van der Waals surface area contributed by atoms with Gasteiger partial charge in [0.25, 0.3) is 0 Å². The van der Waals surface area contributed by atoms with Crippen molar-refractivity contribution >= 4 is 29.7 Å². The molecule has 0 aliphatic heterocycles. The van der Waals surface area contributed by atoms with Gasteiger partial charge >= 0.3 is 17.9 Å². The first-order valence-electron chi connectivity index (χ1n) is 12.8. The normalized spacial score (nSPS) is 11.4. The summed E-state index contributed by atoms with van der Waals surface area (Å²) in [5.74, 6) is -6.07. The van der Waals surface area contributed by atoms with Crippen LogP contribution in [0.4, 0.5) is 0 Å². The van der Waals surface area contributed by atoms with E-state index >= 15 is 0 Å². The second-order valence-corrected chi connectivity index (χ2v) is 8.63. The SMILES string of the molecule is CCN(CCN(CCN(CC(=O)N(CC)CC)CC(C(=O)O)C(=O)O)CC(=O)O)CC(=O)N(CC)CC. The van der Waals surface area contributed by atoms with Crippen molar-refractivity contribution in [2.45, 2.75) is 34.6 Å². The maximum atomic E-state index is 12.7. The third kappa shape index (κ3) is 13.4. The minimum absolute atomic E-state index is 0.00823. The maximum absolute atomic E-state index is 12.7. The summed E-state index contributed by atoms with van der Waals surface area (Å²) in [5, 5.41) is 28.0. The molecule has 0 unspecified atom stereocenters. The molecule has 0 aliphatic rings. The molecule has 0 saturated heterocycles. The summed E-state index contributed by atoms with van der Waals surface area (Å²) in [6, 6.07) is 0. The van der Waals surface area contributed by atoms with Crippen LogP contribution in [0.3, 0.4) is 0 Å². The van der Waals surface area contributed by atoms with Gasteiger partial charge in [0, 0.05) is 58.9 Å². The van der Waals surface area contributed by atoms with Crippen LogP contribution in [0.5, 0.6) is 0 Å². The molecule has 13 heteroatoms. The summed E-state index contributed by atoms with van der Waals surface area (Å²) >= 11 is 0. The van der Waals surface area contributed by atoms with Crippen LogP contribution in [0.2, 0.25) is 0 Å². The molecule has 2 amide bonds. The number of carboxylic acids is 3. The van der Waals surface area contributed by atoms with Gasteiger partial charge in [-0.1, -0.05) is 6.92 Å². The van der Waals surface area contributed by atoms with Crippen LogP contribution in [0, 0.1) is 5.92 Å². The molecule has 0 bridgehead atoms. The summed E-state index contributed by atoms with van der Waals surface area (Å²) in [6.07, 6.45) is 0. The van der Waals surface area contributed by atoms with Gasteiger partial charge in [0.2, 0.25) is 11.8 Å². The van der Waals surface area contributed by atoms with E-state index < -0.39 is 30.4 Å². The third-order valence-electron chi connectivity index (χ3n) is 6.26. The lowest BCUT2D eigenvalue weighted by Crippen LogP contribution is -2.48. The lowest BCUT2D eigenvalue weighted by molar-refractivity contribution is -0.156. The molecule has 0 radical (unpaired) electrons. The summed E-state index contributed by atoms with van der Waals surface area (Å²) in [7, 11) is 0. The fraction of sp³-hybridized carbons (Fsp3) is 0.792. The molecule has 0 saturated carbocycles. The zero-order valence-electron chi connectivity index (χ0n) is 22.9. The van der Waals surface area contributed by atoms with Crippen LogP contribution in [0.25, 0.3) is 0 Å². The zero-order valence-corrected chi connectivity index (χ0v) is 22.9. The third-order valence-corrected chi connectivity index (χ3v) is 6.26. The van der Waals surface area contributed by atoms with E-state index in [0.717, 1.165) is 0 Å². The average Bonchev–Trinajstić information content (AvgIpc) is 2.83. The van der Waals surface area contributed by atoms with E-state index in [1.165, 1.54) is 4.90 Å². The molecule has 0 spiro atoms. The first-order chi connectivity index (χ1) is 17.4. The Bertz CT molecular complexity index is 729. The fourth-order valence-corrected chi connectivity index (χ4v) is 3.87. The van der Waals surface area contributed by atoms with Gasteiger partial charge in [-0.05, 0) is 34.2 Å². The molecule has 0 aromatic carbocycles. The standard InChI is InChI=1S/C24H45N5O8/c1-6-25(16-20(30)28(7-2)8-3)11-12-26(18-22(32)33)13-14-27(15-19(23(34)35)24(36)37)17-21(31)29(9-4)10-5/h19H,6-18H2,1-5H3,(H,32,33)(H,34,35)(H,36,37). The van der Waals surface area contributed by atoms with Crippen molar-refractivity contribution in [2.75, 3.05) is 85.1 Å². The Morgan fingerprint density at radius 1 is 0.541 bits per heavy atom. The topological polar surface area (TPSA) is 162 Å². The van der Waals surface area contributed by atoms with Gasteiger partial charge in [-0.15, -0.1) is 0 Å². The lowest BCUT2D eigenvalue weighted by Gasteiger charge is -2.31. The molecular weight excluding hydrogens is 486 g/mol. The van der Waals surface area contributed by atoms with E-state index in [2.05, 4.69) is 0 Å². The molecule has 13 nitrogen and oxygen atoms in total. The van der Waals surface area contributed by atoms with Crippen LogP contribution in [-0.4, -0.2) is 155 Å². The van der Waals surface area contributed by atoms with Gasteiger partial charge in [0.1, 0.15) is 0 Å². The minimum Gasteiger partial charge on any atom is -0.481 e. The minimum atomic E-state index is -1.72. The molecule has 37 heavy (non-hydrogen) atoms. The van der Waals surface area contributed by atoms with E-state index in [4.69, 9.17) is 0 Å². The Balaban J connectivity index is 5.45. The highest BCUT2D eigenvalue weighted by Gasteiger charge is 2.30. The van der Waals surface area contributed by atoms with E-state index in [0.29, 0.717) is 45.8 Å². The Morgan fingerprint density at radius 2 is 0.919 bits per heavy atom. The molecule has 0 heterocycles. The average molecular weight is 532 g/mol. The molecule has 0 aromatic rings. The molecule has 0 fully saturated rings. The van der Waals surface area contributed by atoms with Crippen molar-refractivity contribution in [3.05, 3.63) is 0 Å². The summed E-state index contributed by atoms with van der Waals surface area (Å²) in [4.78, 5) is 67.8. The van der Waals surface area contributed by atoms with Crippen LogP contribution >= 0.6 is 0 Å². The van der Waals surface area contributed by atoms with Gasteiger partial charge in [0.05, 0.1) is 19.6 Å². The lowest BCUT2D eigenvalue weighted by atomic mass is 10.1. The van der Waals surface area contributed by atoms with Crippen LogP contribution in [-0.2, 0) is 24.0 Å². The van der Waals surface area contributed by atoms with Gasteiger partial charge in [-0.25, -0.2) is 0 Å². The number of carboxylic acid groups (broad SMARTS) is 3. The number of hydrogen-bond acceptors (Lipinski definition) is 8. The highest BCUT2D eigenvalue weighted by Crippen LogP contribution is 2.05.